The van der Waals surface area contributed by atoms with Crippen molar-refractivity contribution in [3.8, 4) is 0 Å². The van der Waals surface area contributed by atoms with Crippen molar-refractivity contribution in [2.75, 3.05) is 18.3 Å². The fraction of sp³-hybridized carbons (Fsp3) is 0.455. The van der Waals surface area contributed by atoms with Crippen LogP contribution in [0.4, 0.5) is 5.69 Å². The van der Waals surface area contributed by atoms with Gasteiger partial charge in [-0.3, -0.25) is 0 Å². The number of nitrogens with zero attached hydrogens (tertiary/aromatic N) is 2. The Labute approximate surface area is 100 Å². The molecule has 0 aliphatic rings. The summed E-state index contributed by atoms with van der Waals surface area (Å²) in [6.07, 6.45) is 2.02. The second kappa shape index (κ2) is 7.19. The molecular formula is C11H15ClN2O2. The van der Waals surface area contributed by atoms with Gasteiger partial charge < -0.3 is 4.74 Å². The van der Waals surface area contributed by atoms with Crippen LogP contribution >= 0.6 is 11.6 Å². The van der Waals surface area contributed by atoms with Crippen LogP contribution in [0.3, 0.4) is 0 Å². The second-order valence-corrected chi connectivity index (χ2v) is 3.73. The predicted octanol–water partition coefficient (Wildman–Crippen LogP) is 3.60. The first-order valence-electron chi connectivity index (χ1n) is 5.22. The van der Waals surface area contributed by atoms with E-state index in [1.54, 1.807) is 24.3 Å². The molecule has 0 saturated heterocycles. The second-order valence-electron chi connectivity index (χ2n) is 3.32. The lowest BCUT2D eigenvalue weighted by Crippen LogP contribution is -2.20. The quantitative estimate of drug-likeness (QED) is 0.318. The minimum absolute atomic E-state index is 0.132. The summed E-state index contributed by atoms with van der Waals surface area (Å²) >= 11 is 5.94. The Balaban J connectivity index is 2.54. The van der Waals surface area contributed by atoms with E-state index >= 15 is 0 Å². The highest BCUT2D eigenvalue weighted by atomic mass is 35.5. The largest absolute Gasteiger partial charge is 0.359 e. The van der Waals surface area contributed by atoms with E-state index in [1.165, 1.54) is 5.01 Å². The summed E-state index contributed by atoms with van der Waals surface area (Å²) in [5, 5.41) is 4.58. The van der Waals surface area contributed by atoms with Gasteiger partial charge in [0.2, 0.25) is 0 Å². The van der Waals surface area contributed by atoms with Crippen molar-refractivity contribution in [3.05, 3.63) is 34.2 Å². The summed E-state index contributed by atoms with van der Waals surface area (Å²) in [7, 11) is 0. The molecule has 0 radical (unpaired) electrons. The van der Waals surface area contributed by atoms with Gasteiger partial charge in [0.05, 0.1) is 16.0 Å². The number of ether oxygens (including phenoxy) is 1. The minimum atomic E-state index is 0.132. The maximum absolute atomic E-state index is 10.7. The van der Waals surface area contributed by atoms with Gasteiger partial charge in [-0.2, -0.15) is 0 Å². The monoisotopic (exact) mass is 242 g/mol. The normalized spacial score (nSPS) is 10.1. The molecule has 0 fully saturated rings. The highest BCUT2D eigenvalue weighted by molar-refractivity contribution is 6.33. The van der Waals surface area contributed by atoms with E-state index in [4.69, 9.17) is 16.3 Å². The van der Waals surface area contributed by atoms with Gasteiger partial charge in [-0.1, -0.05) is 37.1 Å². The number of halogens is 1. The number of anilines is 1. The number of nitroso groups, excluding NO2 is 1. The van der Waals surface area contributed by atoms with Gasteiger partial charge in [0.1, 0.15) is 6.73 Å². The van der Waals surface area contributed by atoms with Crippen molar-refractivity contribution < 1.29 is 4.74 Å². The zero-order chi connectivity index (χ0) is 11.8. The Morgan fingerprint density at radius 3 is 2.81 bits per heavy atom. The van der Waals surface area contributed by atoms with E-state index < -0.39 is 0 Å². The maximum atomic E-state index is 10.7. The molecular weight excluding hydrogens is 228 g/mol. The van der Waals surface area contributed by atoms with Crippen molar-refractivity contribution in [1.29, 1.82) is 0 Å². The summed E-state index contributed by atoms with van der Waals surface area (Å²) in [4.78, 5) is 10.7. The van der Waals surface area contributed by atoms with Gasteiger partial charge in [-0.05, 0) is 18.6 Å². The molecule has 16 heavy (non-hydrogen) atoms. The summed E-state index contributed by atoms with van der Waals surface area (Å²) in [6.45, 7) is 2.83. The van der Waals surface area contributed by atoms with Crippen LogP contribution in [0.5, 0.6) is 0 Å². The third-order valence-corrected chi connectivity index (χ3v) is 2.40. The number of unbranched alkanes of at least 4 members (excludes halogenated alkanes) is 1. The number of para-hydroxylation sites is 1. The molecule has 0 spiro atoms. The van der Waals surface area contributed by atoms with Gasteiger partial charge in [0.25, 0.3) is 0 Å². The topological polar surface area (TPSA) is 41.9 Å². The number of benzene rings is 1. The third-order valence-electron chi connectivity index (χ3n) is 2.08. The predicted molar refractivity (Wildman–Crippen MR) is 65.5 cm³/mol. The fourth-order valence-corrected chi connectivity index (χ4v) is 1.43. The van der Waals surface area contributed by atoms with Crippen molar-refractivity contribution >= 4 is 17.3 Å². The van der Waals surface area contributed by atoms with Gasteiger partial charge in [0.15, 0.2) is 0 Å². The van der Waals surface area contributed by atoms with E-state index in [9.17, 15) is 4.91 Å². The van der Waals surface area contributed by atoms with E-state index in [0.717, 1.165) is 12.8 Å². The van der Waals surface area contributed by atoms with Crippen LogP contribution in [0.15, 0.2) is 29.6 Å². The molecule has 4 nitrogen and oxygen atoms in total. The first-order chi connectivity index (χ1) is 7.79. The van der Waals surface area contributed by atoms with Crippen molar-refractivity contribution in [1.82, 2.24) is 0 Å². The van der Waals surface area contributed by atoms with Crippen molar-refractivity contribution in [2.24, 2.45) is 5.29 Å². The Morgan fingerprint density at radius 1 is 1.44 bits per heavy atom. The average molecular weight is 243 g/mol. The highest BCUT2D eigenvalue weighted by Gasteiger charge is 2.09. The first kappa shape index (κ1) is 12.9. The molecule has 1 aromatic carbocycles. The van der Waals surface area contributed by atoms with E-state index in [2.05, 4.69) is 12.2 Å². The van der Waals surface area contributed by atoms with Crippen LogP contribution in [0.2, 0.25) is 5.02 Å². The minimum Gasteiger partial charge on any atom is -0.359 e. The molecule has 5 heteroatoms. The molecule has 0 aliphatic carbocycles. The maximum Gasteiger partial charge on any atom is 0.143 e. The van der Waals surface area contributed by atoms with E-state index in [-0.39, 0.29) is 6.73 Å². The summed E-state index contributed by atoms with van der Waals surface area (Å²) in [6, 6.07) is 7.03. The highest BCUT2D eigenvalue weighted by Crippen LogP contribution is 2.25. The lowest BCUT2D eigenvalue weighted by atomic mass is 10.3. The molecule has 1 aromatic rings. The van der Waals surface area contributed by atoms with Crippen LogP contribution in [0.25, 0.3) is 0 Å². The van der Waals surface area contributed by atoms with Gasteiger partial charge in [-0.25, -0.2) is 5.01 Å². The molecule has 0 unspecified atom stereocenters. The average Bonchev–Trinajstić information content (AvgIpc) is 2.31. The number of hydrogen-bond donors (Lipinski definition) is 0. The molecule has 0 atom stereocenters. The van der Waals surface area contributed by atoms with Crippen LogP contribution in [0, 0.1) is 4.91 Å². The molecule has 1 rings (SSSR count). The van der Waals surface area contributed by atoms with E-state index in [0.29, 0.717) is 17.3 Å². The molecule has 0 aromatic heterocycles. The zero-order valence-corrected chi connectivity index (χ0v) is 9.98. The first-order valence-corrected chi connectivity index (χ1v) is 5.60. The van der Waals surface area contributed by atoms with Gasteiger partial charge in [0, 0.05) is 6.61 Å². The summed E-state index contributed by atoms with van der Waals surface area (Å²) in [5.41, 5.74) is 0.565. The van der Waals surface area contributed by atoms with Crippen molar-refractivity contribution in [2.45, 2.75) is 19.8 Å². The van der Waals surface area contributed by atoms with Crippen LogP contribution < -0.4 is 5.01 Å². The lowest BCUT2D eigenvalue weighted by Gasteiger charge is -2.16. The fourth-order valence-electron chi connectivity index (χ4n) is 1.20. The summed E-state index contributed by atoms with van der Waals surface area (Å²) < 4.78 is 5.31. The Kier molecular flexibility index (Phi) is 5.82. The SMILES string of the molecule is CCCCOCN(N=O)c1ccccc1Cl. The Morgan fingerprint density at radius 2 is 2.19 bits per heavy atom. The smallest absolute Gasteiger partial charge is 0.143 e. The van der Waals surface area contributed by atoms with Crippen LogP contribution in [-0.2, 0) is 4.74 Å². The molecule has 88 valence electrons. The molecule has 0 N–H and O–H groups in total. The molecule has 0 saturated carbocycles. The Bertz CT molecular complexity index is 334. The lowest BCUT2D eigenvalue weighted by molar-refractivity contribution is 0.131. The summed E-state index contributed by atoms with van der Waals surface area (Å²) in [5.74, 6) is 0. The van der Waals surface area contributed by atoms with Gasteiger partial charge >= 0.3 is 0 Å². The molecule has 0 aliphatic heterocycles. The number of rotatable bonds is 7. The zero-order valence-electron chi connectivity index (χ0n) is 9.23. The Hall–Kier alpha value is -1.13. The number of hydrogen-bond acceptors (Lipinski definition) is 3. The third kappa shape index (κ3) is 3.79. The van der Waals surface area contributed by atoms with Gasteiger partial charge in [-0.15, -0.1) is 4.91 Å². The molecule has 0 bridgehead atoms. The van der Waals surface area contributed by atoms with Crippen LogP contribution in [0.1, 0.15) is 19.8 Å². The van der Waals surface area contributed by atoms with Crippen LogP contribution in [-0.4, -0.2) is 13.3 Å². The standard InChI is InChI=1S/C11H15ClN2O2/c1-2-3-8-16-9-14(13-15)11-7-5-4-6-10(11)12/h4-7H,2-3,8-9H2,1H3. The van der Waals surface area contributed by atoms with E-state index in [1.807, 2.05) is 0 Å². The molecule has 0 amide bonds. The molecule has 0 heterocycles. The van der Waals surface area contributed by atoms with Crippen molar-refractivity contribution in [3.63, 3.8) is 0 Å².